The van der Waals surface area contributed by atoms with Crippen molar-refractivity contribution >= 4 is 11.3 Å². The standard InChI is InChI=1S/C9H14N2S/c1-10-4-5-11(2)9(10)8-3-6-12-7-8/h3,6-7,9H,4-5H2,1-2H3. The first kappa shape index (κ1) is 8.23. The summed E-state index contributed by atoms with van der Waals surface area (Å²) >= 11 is 1.78. The number of thiophene rings is 1. The molecule has 0 N–H and O–H groups in total. The summed E-state index contributed by atoms with van der Waals surface area (Å²) < 4.78 is 0. The molecule has 0 bridgehead atoms. The van der Waals surface area contributed by atoms with E-state index < -0.39 is 0 Å². The van der Waals surface area contributed by atoms with Crippen molar-refractivity contribution in [3.05, 3.63) is 22.4 Å². The van der Waals surface area contributed by atoms with E-state index in [2.05, 4.69) is 40.7 Å². The highest BCUT2D eigenvalue weighted by atomic mass is 32.1. The summed E-state index contributed by atoms with van der Waals surface area (Å²) in [6.07, 6.45) is 0.510. The molecule has 1 saturated heterocycles. The minimum Gasteiger partial charge on any atom is -0.286 e. The lowest BCUT2D eigenvalue weighted by atomic mass is 10.2. The van der Waals surface area contributed by atoms with Crippen LogP contribution < -0.4 is 0 Å². The monoisotopic (exact) mass is 182 g/mol. The number of rotatable bonds is 1. The second kappa shape index (κ2) is 3.17. The average molecular weight is 182 g/mol. The van der Waals surface area contributed by atoms with Crippen molar-refractivity contribution in [3.8, 4) is 0 Å². The molecule has 1 fully saturated rings. The molecule has 1 aromatic heterocycles. The Bertz CT molecular complexity index is 235. The van der Waals surface area contributed by atoms with Gasteiger partial charge in [0.15, 0.2) is 0 Å². The van der Waals surface area contributed by atoms with E-state index in [1.54, 1.807) is 11.3 Å². The summed E-state index contributed by atoms with van der Waals surface area (Å²) in [5.74, 6) is 0. The Morgan fingerprint density at radius 2 is 2.00 bits per heavy atom. The van der Waals surface area contributed by atoms with Crippen LogP contribution in [0, 0.1) is 0 Å². The molecule has 0 aliphatic carbocycles. The second-order valence-corrected chi connectivity index (χ2v) is 4.17. The van der Waals surface area contributed by atoms with Crippen LogP contribution >= 0.6 is 11.3 Å². The van der Waals surface area contributed by atoms with Crippen molar-refractivity contribution in [2.75, 3.05) is 27.2 Å². The van der Waals surface area contributed by atoms with Crippen LogP contribution in [-0.4, -0.2) is 37.0 Å². The van der Waals surface area contributed by atoms with Crippen LogP contribution in [0.25, 0.3) is 0 Å². The molecule has 1 aliphatic rings. The van der Waals surface area contributed by atoms with Gasteiger partial charge in [0.05, 0.1) is 6.17 Å². The van der Waals surface area contributed by atoms with E-state index in [0.717, 1.165) is 0 Å². The number of hydrogen-bond donors (Lipinski definition) is 0. The van der Waals surface area contributed by atoms with Gasteiger partial charge in [-0.05, 0) is 36.5 Å². The Morgan fingerprint density at radius 3 is 2.50 bits per heavy atom. The SMILES string of the molecule is CN1CCN(C)C1c1ccsc1. The van der Waals surface area contributed by atoms with Gasteiger partial charge in [0, 0.05) is 13.1 Å². The molecular formula is C9H14N2S. The molecular weight excluding hydrogens is 168 g/mol. The summed E-state index contributed by atoms with van der Waals surface area (Å²) in [6.45, 7) is 2.36. The molecule has 66 valence electrons. The number of nitrogens with zero attached hydrogens (tertiary/aromatic N) is 2. The summed E-state index contributed by atoms with van der Waals surface area (Å²) in [5, 5.41) is 4.39. The summed E-state index contributed by atoms with van der Waals surface area (Å²) in [4.78, 5) is 4.78. The highest BCUT2D eigenvalue weighted by Gasteiger charge is 2.27. The molecule has 2 nitrogen and oxygen atoms in total. The van der Waals surface area contributed by atoms with Gasteiger partial charge in [0.2, 0.25) is 0 Å². The first-order chi connectivity index (χ1) is 5.79. The molecule has 0 radical (unpaired) electrons. The third kappa shape index (κ3) is 1.28. The number of likely N-dealkylation sites (N-methyl/N-ethyl adjacent to an activating group) is 2. The Hall–Kier alpha value is -0.380. The fourth-order valence-electron chi connectivity index (χ4n) is 1.83. The Morgan fingerprint density at radius 1 is 1.33 bits per heavy atom. The predicted molar refractivity (Wildman–Crippen MR) is 52.3 cm³/mol. The molecule has 1 aromatic rings. The van der Waals surface area contributed by atoms with Gasteiger partial charge in [0.1, 0.15) is 0 Å². The quantitative estimate of drug-likeness (QED) is 0.651. The Balaban J connectivity index is 2.22. The lowest BCUT2D eigenvalue weighted by molar-refractivity contribution is 0.191. The van der Waals surface area contributed by atoms with E-state index >= 15 is 0 Å². The zero-order valence-corrected chi connectivity index (χ0v) is 8.34. The molecule has 12 heavy (non-hydrogen) atoms. The fourth-order valence-corrected chi connectivity index (χ4v) is 2.50. The summed E-state index contributed by atoms with van der Waals surface area (Å²) in [6, 6.07) is 2.22. The minimum atomic E-state index is 0.510. The van der Waals surface area contributed by atoms with Gasteiger partial charge in [-0.2, -0.15) is 11.3 Å². The van der Waals surface area contributed by atoms with Crippen LogP contribution in [-0.2, 0) is 0 Å². The molecule has 0 spiro atoms. The van der Waals surface area contributed by atoms with Gasteiger partial charge in [-0.1, -0.05) is 0 Å². The zero-order valence-electron chi connectivity index (χ0n) is 7.53. The average Bonchev–Trinajstić information content (AvgIpc) is 2.61. The van der Waals surface area contributed by atoms with Crippen LogP contribution in [0.4, 0.5) is 0 Å². The van der Waals surface area contributed by atoms with Crippen molar-refractivity contribution in [1.82, 2.24) is 9.80 Å². The predicted octanol–water partition coefficient (Wildman–Crippen LogP) is 1.62. The second-order valence-electron chi connectivity index (χ2n) is 3.39. The molecule has 2 heterocycles. The molecule has 0 unspecified atom stereocenters. The van der Waals surface area contributed by atoms with Crippen LogP contribution in [0.5, 0.6) is 0 Å². The van der Waals surface area contributed by atoms with Crippen molar-refractivity contribution in [2.24, 2.45) is 0 Å². The lowest BCUT2D eigenvalue weighted by Crippen LogP contribution is -2.24. The summed E-state index contributed by atoms with van der Waals surface area (Å²) in [7, 11) is 4.37. The van der Waals surface area contributed by atoms with Crippen LogP contribution in [0.1, 0.15) is 11.7 Å². The van der Waals surface area contributed by atoms with E-state index in [-0.39, 0.29) is 0 Å². The van der Waals surface area contributed by atoms with E-state index in [9.17, 15) is 0 Å². The molecule has 2 rings (SSSR count). The summed E-state index contributed by atoms with van der Waals surface area (Å²) in [5.41, 5.74) is 1.43. The third-order valence-electron chi connectivity index (χ3n) is 2.48. The molecule has 0 amide bonds. The van der Waals surface area contributed by atoms with Gasteiger partial charge in [0.25, 0.3) is 0 Å². The van der Waals surface area contributed by atoms with Gasteiger partial charge < -0.3 is 0 Å². The van der Waals surface area contributed by atoms with Gasteiger partial charge in [-0.25, -0.2) is 0 Å². The molecule has 3 heteroatoms. The topological polar surface area (TPSA) is 6.48 Å². The van der Waals surface area contributed by atoms with E-state index in [1.165, 1.54) is 18.7 Å². The van der Waals surface area contributed by atoms with E-state index in [1.807, 2.05) is 0 Å². The number of hydrogen-bond acceptors (Lipinski definition) is 3. The fraction of sp³-hybridized carbons (Fsp3) is 0.556. The van der Waals surface area contributed by atoms with Crippen molar-refractivity contribution in [2.45, 2.75) is 6.17 Å². The first-order valence-electron chi connectivity index (χ1n) is 4.21. The van der Waals surface area contributed by atoms with Crippen LogP contribution in [0.15, 0.2) is 16.8 Å². The highest BCUT2D eigenvalue weighted by molar-refractivity contribution is 7.07. The maximum Gasteiger partial charge on any atom is 0.0890 e. The maximum atomic E-state index is 2.39. The largest absolute Gasteiger partial charge is 0.286 e. The molecule has 0 aromatic carbocycles. The van der Waals surface area contributed by atoms with Gasteiger partial charge in [-0.3, -0.25) is 9.80 Å². The molecule has 0 atom stereocenters. The Labute approximate surface area is 77.4 Å². The molecule has 0 saturated carbocycles. The van der Waals surface area contributed by atoms with Crippen LogP contribution in [0.2, 0.25) is 0 Å². The first-order valence-corrected chi connectivity index (χ1v) is 5.16. The van der Waals surface area contributed by atoms with Crippen molar-refractivity contribution in [3.63, 3.8) is 0 Å². The van der Waals surface area contributed by atoms with Crippen LogP contribution in [0.3, 0.4) is 0 Å². The van der Waals surface area contributed by atoms with Gasteiger partial charge in [-0.15, -0.1) is 0 Å². The Kier molecular flexibility index (Phi) is 2.17. The van der Waals surface area contributed by atoms with Gasteiger partial charge >= 0.3 is 0 Å². The maximum absolute atomic E-state index is 2.39. The third-order valence-corrected chi connectivity index (χ3v) is 3.18. The smallest absolute Gasteiger partial charge is 0.0890 e. The molecule has 1 aliphatic heterocycles. The van der Waals surface area contributed by atoms with E-state index in [4.69, 9.17) is 0 Å². The lowest BCUT2D eigenvalue weighted by Gasteiger charge is -2.23. The normalized spacial score (nSPS) is 22.2. The minimum absolute atomic E-state index is 0.510. The highest BCUT2D eigenvalue weighted by Crippen LogP contribution is 2.27. The zero-order chi connectivity index (χ0) is 8.55. The van der Waals surface area contributed by atoms with Crippen molar-refractivity contribution in [1.29, 1.82) is 0 Å². The van der Waals surface area contributed by atoms with E-state index in [0.29, 0.717) is 6.17 Å². The van der Waals surface area contributed by atoms with Crippen molar-refractivity contribution < 1.29 is 0 Å².